The minimum Gasteiger partial charge on any atom is -0.361 e. The van der Waals surface area contributed by atoms with Crippen LogP contribution in [-0.2, 0) is 14.3 Å². The number of carbonyl (C=O) groups excluding carboxylic acids is 4. The molecular weight excluding hydrogens is 364 g/mol. The number of hydrogen-bond acceptors (Lipinski definition) is 5. The second-order valence-electron chi connectivity index (χ2n) is 8.09. The molecule has 1 atom stereocenters. The third-order valence-corrected chi connectivity index (χ3v) is 6.54. The van der Waals surface area contributed by atoms with Gasteiger partial charge in [0.15, 0.2) is 0 Å². The summed E-state index contributed by atoms with van der Waals surface area (Å²) in [5.41, 5.74) is 0.593. The number of amides is 4. The Morgan fingerprint density at radius 2 is 1.63 bits per heavy atom. The van der Waals surface area contributed by atoms with Gasteiger partial charge in [0, 0.05) is 21.1 Å². The number of fused-ring (bicyclic) bond motifs is 1. The third kappa shape index (κ3) is 3.86. The summed E-state index contributed by atoms with van der Waals surface area (Å²) in [6.07, 6.45) is 0.246. The second kappa shape index (κ2) is 7.36. The van der Waals surface area contributed by atoms with Gasteiger partial charge in [-0.3, -0.25) is 29.0 Å². The van der Waals surface area contributed by atoms with Crippen molar-refractivity contribution >= 4 is 31.7 Å². The Hall–Kier alpha value is -2.32. The molecule has 1 aromatic rings. The van der Waals surface area contributed by atoms with Crippen LogP contribution in [-0.4, -0.2) is 60.9 Å². The van der Waals surface area contributed by atoms with Gasteiger partial charge in [0.05, 0.1) is 11.1 Å². The monoisotopic (exact) mass is 388 g/mol. The van der Waals surface area contributed by atoms with Crippen molar-refractivity contribution in [3.8, 4) is 0 Å². The van der Waals surface area contributed by atoms with Crippen LogP contribution in [0.3, 0.4) is 0 Å². The van der Waals surface area contributed by atoms with Crippen LogP contribution in [0.1, 0.15) is 33.6 Å². The number of imide groups is 2. The minimum atomic E-state index is -1.28. The molecule has 0 bridgehead atoms. The Balaban J connectivity index is 1.71. The van der Waals surface area contributed by atoms with Gasteiger partial charge in [-0.25, -0.2) is 0 Å². The fourth-order valence-electron chi connectivity index (χ4n) is 3.22. The van der Waals surface area contributed by atoms with Crippen LogP contribution < -0.4 is 0 Å². The summed E-state index contributed by atoms with van der Waals surface area (Å²) in [4.78, 5) is 52.3. The molecule has 1 fully saturated rings. The zero-order valence-electron chi connectivity index (χ0n) is 15.9. The predicted octanol–water partition coefficient (Wildman–Crippen LogP) is 2.11. The number of rotatable bonds is 6. The highest BCUT2D eigenvalue weighted by atomic mass is 28.3. The highest BCUT2D eigenvalue weighted by molar-refractivity contribution is 6.76. The van der Waals surface area contributed by atoms with Crippen LogP contribution in [0.25, 0.3) is 0 Å². The Bertz CT molecular complexity index is 767. The molecule has 0 spiro atoms. The Labute approximate surface area is 159 Å². The fourth-order valence-corrected chi connectivity index (χ4v) is 3.98. The summed E-state index contributed by atoms with van der Waals surface area (Å²) < 4.78 is 5.55. The number of piperidine rings is 1. The van der Waals surface area contributed by atoms with Crippen LogP contribution in [0.2, 0.25) is 25.7 Å². The molecule has 3 rings (SSSR count). The van der Waals surface area contributed by atoms with Gasteiger partial charge < -0.3 is 4.74 Å². The molecule has 0 radical (unpaired) electrons. The van der Waals surface area contributed by atoms with Gasteiger partial charge in [0.1, 0.15) is 12.8 Å². The predicted molar refractivity (Wildman–Crippen MR) is 101 cm³/mol. The van der Waals surface area contributed by atoms with Crippen molar-refractivity contribution < 1.29 is 23.9 Å². The van der Waals surface area contributed by atoms with E-state index >= 15 is 0 Å². The van der Waals surface area contributed by atoms with E-state index in [1.165, 1.54) is 0 Å². The van der Waals surface area contributed by atoms with Crippen molar-refractivity contribution in [1.29, 1.82) is 0 Å². The molecule has 1 unspecified atom stereocenters. The number of nitrogens with zero attached hydrogens (tertiary/aromatic N) is 2. The number of ether oxygens (including phenoxy) is 1. The summed E-state index contributed by atoms with van der Waals surface area (Å²) in [7, 11) is -1.28. The van der Waals surface area contributed by atoms with Gasteiger partial charge in [0.25, 0.3) is 17.7 Å². The SMILES string of the molecule is C[Si](C)(C)CCOCN1C(=O)CCC(N2C(=O)c3ccccc3C2=O)C1=O. The lowest BCUT2D eigenvalue weighted by Gasteiger charge is -2.34. The normalized spacial score (nSPS) is 20.5. The highest BCUT2D eigenvalue weighted by Crippen LogP contribution is 2.29. The van der Waals surface area contributed by atoms with Crippen LogP contribution in [0.5, 0.6) is 0 Å². The summed E-state index contributed by atoms with van der Waals surface area (Å²) in [6.45, 7) is 6.98. The maximum absolute atomic E-state index is 12.8. The van der Waals surface area contributed by atoms with Crippen molar-refractivity contribution in [2.24, 2.45) is 0 Å². The van der Waals surface area contributed by atoms with E-state index in [2.05, 4.69) is 19.6 Å². The molecule has 4 amide bonds. The van der Waals surface area contributed by atoms with E-state index in [0.29, 0.717) is 17.7 Å². The lowest BCUT2D eigenvalue weighted by atomic mass is 10.0. The highest BCUT2D eigenvalue weighted by Gasteiger charge is 2.46. The van der Waals surface area contributed by atoms with E-state index in [0.717, 1.165) is 15.8 Å². The lowest BCUT2D eigenvalue weighted by Crippen LogP contribution is -2.56. The first kappa shape index (κ1) is 19.4. The van der Waals surface area contributed by atoms with Crippen LogP contribution in [0, 0.1) is 0 Å². The Morgan fingerprint density at radius 1 is 1.04 bits per heavy atom. The first-order valence-electron chi connectivity index (χ1n) is 9.09. The first-order chi connectivity index (χ1) is 12.7. The third-order valence-electron chi connectivity index (χ3n) is 4.84. The van der Waals surface area contributed by atoms with Gasteiger partial charge in [-0.15, -0.1) is 0 Å². The molecule has 144 valence electrons. The smallest absolute Gasteiger partial charge is 0.262 e. The molecule has 2 heterocycles. The molecule has 0 aliphatic carbocycles. The Morgan fingerprint density at radius 3 is 2.19 bits per heavy atom. The van der Waals surface area contributed by atoms with E-state index in [-0.39, 0.29) is 25.5 Å². The van der Waals surface area contributed by atoms with E-state index in [1.54, 1.807) is 24.3 Å². The van der Waals surface area contributed by atoms with E-state index in [1.807, 2.05) is 0 Å². The van der Waals surface area contributed by atoms with Crippen molar-refractivity contribution in [3.63, 3.8) is 0 Å². The van der Waals surface area contributed by atoms with Gasteiger partial charge in [-0.1, -0.05) is 31.8 Å². The van der Waals surface area contributed by atoms with Crippen molar-refractivity contribution in [3.05, 3.63) is 35.4 Å². The molecule has 27 heavy (non-hydrogen) atoms. The van der Waals surface area contributed by atoms with E-state index in [9.17, 15) is 19.2 Å². The molecule has 2 aliphatic rings. The van der Waals surface area contributed by atoms with Gasteiger partial charge in [0.2, 0.25) is 5.91 Å². The molecular formula is C19H24N2O5Si. The second-order valence-corrected chi connectivity index (χ2v) is 13.7. The number of hydrogen-bond donors (Lipinski definition) is 0. The number of carbonyl (C=O) groups is 4. The average Bonchev–Trinajstić information content (AvgIpc) is 2.85. The summed E-state index contributed by atoms with van der Waals surface area (Å²) in [6, 6.07) is 6.47. The molecule has 0 aromatic heterocycles. The standard InChI is InChI=1S/C19H24N2O5Si/c1-27(2,3)11-10-26-12-20-16(22)9-8-15(19(20)25)21-17(23)13-6-4-5-7-14(13)18(21)24/h4-7,15H,8-12H2,1-3H3. The number of likely N-dealkylation sites (tertiary alicyclic amines) is 1. The molecule has 2 aliphatic heterocycles. The Kier molecular flexibility index (Phi) is 5.30. The summed E-state index contributed by atoms with van der Waals surface area (Å²) >= 11 is 0. The van der Waals surface area contributed by atoms with E-state index < -0.39 is 31.8 Å². The van der Waals surface area contributed by atoms with Gasteiger partial charge >= 0.3 is 0 Å². The van der Waals surface area contributed by atoms with Crippen LogP contribution in [0.4, 0.5) is 0 Å². The average molecular weight is 388 g/mol. The first-order valence-corrected chi connectivity index (χ1v) is 12.8. The van der Waals surface area contributed by atoms with E-state index in [4.69, 9.17) is 4.74 Å². The molecule has 7 nitrogen and oxygen atoms in total. The van der Waals surface area contributed by atoms with Crippen LogP contribution >= 0.6 is 0 Å². The largest absolute Gasteiger partial charge is 0.361 e. The van der Waals surface area contributed by atoms with Crippen LogP contribution in [0.15, 0.2) is 24.3 Å². The molecule has 0 saturated carbocycles. The minimum absolute atomic E-state index is 0.0984. The topological polar surface area (TPSA) is 84.0 Å². The quantitative estimate of drug-likeness (QED) is 0.423. The summed E-state index contributed by atoms with van der Waals surface area (Å²) in [5.74, 6) is -1.85. The zero-order valence-corrected chi connectivity index (χ0v) is 16.9. The number of benzene rings is 1. The molecule has 1 saturated heterocycles. The van der Waals surface area contributed by atoms with Crippen molar-refractivity contribution in [2.45, 2.75) is 44.6 Å². The van der Waals surface area contributed by atoms with Gasteiger partial charge in [-0.05, 0) is 24.6 Å². The lowest BCUT2D eigenvalue weighted by molar-refractivity contribution is -0.157. The van der Waals surface area contributed by atoms with Crippen molar-refractivity contribution in [1.82, 2.24) is 9.80 Å². The maximum Gasteiger partial charge on any atom is 0.262 e. The fraction of sp³-hybridized carbons (Fsp3) is 0.474. The zero-order chi connectivity index (χ0) is 19.8. The molecule has 1 aromatic carbocycles. The van der Waals surface area contributed by atoms with Crippen molar-refractivity contribution in [2.75, 3.05) is 13.3 Å². The molecule has 0 N–H and O–H groups in total. The summed E-state index contributed by atoms with van der Waals surface area (Å²) in [5, 5.41) is 0. The molecule has 8 heteroatoms. The van der Waals surface area contributed by atoms with Gasteiger partial charge in [-0.2, -0.15) is 0 Å². The maximum atomic E-state index is 12.8.